The molecule has 5 rings (SSSR count). The van der Waals surface area contributed by atoms with Crippen molar-refractivity contribution in [3.63, 3.8) is 0 Å². The van der Waals surface area contributed by atoms with Gasteiger partial charge in [0.25, 0.3) is 17.5 Å². The summed E-state index contributed by atoms with van der Waals surface area (Å²) in [7, 11) is 0. The monoisotopic (exact) mass is 502 g/mol. The Morgan fingerprint density at radius 2 is 1.67 bits per heavy atom. The van der Waals surface area contributed by atoms with Gasteiger partial charge in [0.2, 0.25) is 0 Å². The Labute approximate surface area is 210 Å². The molecule has 0 radical (unpaired) electrons. The van der Waals surface area contributed by atoms with Crippen molar-refractivity contribution < 1.29 is 18.9 Å². The molecular weight excluding hydrogens is 480 g/mol. The van der Waals surface area contributed by atoms with Crippen LogP contribution in [-0.2, 0) is 0 Å². The molecule has 1 saturated heterocycles. The molecular formula is C26H22N4O5S. The number of hydrogen-bond acceptors (Lipinski definition) is 7. The molecule has 0 atom stereocenters. The topological polar surface area (TPSA) is 109 Å². The number of hydrogen-bond donors (Lipinski definition) is 1. The van der Waals surface area contributed by atoms with Crippen LogP contribution in [0.4, 0.5) is 17.1 Å². The summed E-state index contributed by atoms with van der Waals surface area (Å²) in [6.07, 6.45) is 0. The molecule has 3 heterocycles. The van der Waals surface area contributed by atoms with E-state index >= 15 is 0 Å². The fraction of sp³-hybridized carbons (Fsp3) is 0.154. The molecule has 0 aliphatic carbocycles. The Hall–Kier alpha value is -4.44. The number of carbonyl (C=O) groups excluding carboxylic acids is 2. The molecule has 0 bridgehead atoms. The summed E-state index contributed by atoms with van der Waals surface area (Å²) in [6.45, 7) is 2.75. The highest BCUT2D eigenvalue weighted by atomic mass is 32.1. The van der Waals surface area contributed by atoms with Crippen LogP contribution in [0.3, 0.4) is 0 Å². The number of carbonyl (C=O) groups is 2. The van der Waals surface area contributed by atoms with Gasteiger partial charge in [-0.15, -0.1) is 11.3 Å². The lowest BCUT2D eigenvalue weighted by Gasteiger charge is -2.36. The maximum Gasteiger partial charge on any atom is 0.291 e. The molecule has 10 heteroatoms. The maximum atomic E-state index is 12.7. The average Bonchev–Trinajstić information content (AvgIpc) is 3.62. The zero-order valence-electron chi connectivity index (χ0n) is 19.1. The first-order valence-corrected chi connectivity index (χ1v) is 12.2. The number of nitrogens with zero attached hydrogens (tertiary/aromatic N) is 3. The highest BCUT2D eigenvalue weighted by molar-refractivity contribution is 7.12. The van der Waals surface area contributed by atoms with Gasteiger partial charge in [-0.25, -0.2) is 0 Å². The summed E-state index contributed by atoms with van der Waals surface area (Å²) in [5.41, 5.74) is 1.82. The molecule has 1 aliphatic heterocycles. The lowest BCUT2D eigenvalue weighted by atomic mass is 10.1. The van der Waals surface area contributed by atoms with Gasteiger partial charge in [-0.3, -0.25) is 19.7 Å². The van der Waals surface area contributed by atoms with E-state index in [1.54, 1.807) is 24.3 Å². The third kappa shape index (κ3) is 4.84. The quantitative estimate of drug-likeness (QED) is 0.289. The minimum absolute atomic E-state index is 0.0544. The van der Waals surface area contributed by atoms with Crippen LogP contribution >= 0.6 is 11.3 Å². The van der Waals surface area contributed by atoms with Crippen molar-refractivity contribution >= 4 is 40.2 Å². The number of nitro groups is 1. The van der Waals surface area contributed by atoms with Crippen LogP contribution in [0.1, 0.15) is 20.2 Å². The van der Waals surface area contributed by atoms with Crippen LogP contribution in [0.15, 0.2) is 82.6 Å². The molecule has 2 aromatic carbocycles. The SMILES string of the molecule is O=C(Nc1ccc(N2CCN(C(=O)c3cccs3)CC2)cc1)c1ccc(-c2ccccc2[N+](=O)[O-])o1. The van der Waals surface area contributed by atoms with Gasteiger partial charge in [-0.2, -0.15) is 0 Å². The van der Waals surface area contributed by atoms with Gasteiger partial charge in [0.05, 0.1) is 15.4 Å². The normalized spacial score (nSPS) is 13.4. The predicted octanol–water partition coefficient (Wildman–Crippen LogP) is 5.13. The van der Waals surface area contributed by atoms with E-state index in [2.05, 4.69) is 10.2 Å². The molecule has 1 N–H and O–H groups in total. The maximum absolute atomic E-state index is 12.7. The number of anilines is 2. The summed E-state index contributed by atoms with van der Waals surface area (Å²) in [4.78, 5) is 40.8. The number of nitro benzene ring substituents is 1. The molecule has 0 unspecified atom stereocenters. The summed E-state index contributed by atoms with van der Waals surface area (Å²) in [5.74, 6) is -0.0720. The van der Waals surface area contributed by atoms with Crippen molar-refractivity contribution in [2.45, 2.75) is 0 Å². The van der Waals surface area contributed by atoms with Crippen LogP contribution in [-0.4, -0.2) is 47.8 Å². The third-order valence-corrected chi connectivity index (χ3v) is 6.84. The second-order valence-electron chi connectivity index (χ2n) is 8.20. The van der Waals surface area contributed by atoms with Gasteiger partial charge in [0.15, 0.2) is 5.76 Å². The van der Waals surface area contributed by atoms with Gasteiger partial charge in [-0.1, -0.05) is 18.2 Å². The number of thiophene rings is 1. The van der Waals surface area contributed by atoms with Crippen molar-refractivity contribution in [3.8, 4) is 11.3 Å². The third-order valence-electron chi connectivity index (χ3n) is 5.99. The van der Waals surface area contributed by atoms with Gasteiger partial charge in [0, 0.05) is 43.6 Å². The second-order valence-corrected chi connectivity index (χ2v) is 9.14. The summed E-state index contributed by atoms with van der Waals surface area (Å²) in [5, 5.41) is 16.0. The van der Waals surface area contributed by atoms with Crippen molar-refractivity contribution in [1.29, 1.82) is 0 Å². The van der Waals surface area contributed by atoms with Crippen molar-refractivity contribution in [1.82, 2.24) is 4.90 Å². The Balaban J connectivity index is 1.19. The van der Waals surface area contributed by atoms with Gasteiger partial charge >= 0.3 is 0 Å². The largest absolute Gasteiger partial charge is 0.451 e. The van der Waals surface area contributed by atoms with Crippen LogP contribution in [0.2, 0.25) is 0 Å². The fourth-order valence-corrected chi connectivity index (χ4v) is 4.81. The number of amides is 2. The van der Waals surface area contributed by atoms with Crippen LogP contribution in [0, 0.1) is 10.1 Å². The Morgan fingerprint density at radius 3 is 2.36 bits per heavy atom. The molecule has 2 aromatic heterocycles. The lowest BCUT2D eigenvalue weighted by Crippen LogP contribution is -2.48. The first kappa shape index (κ1) is 23.3. The molecule has 2 amide bonds. The average molecular weight is 503 g/mol. The van der Waals surface area contributed by atoms with Crippen molar-refractivity contribution in [2.24, 2.45) is 0 Å². The second kappa shape index (κ2) is 10.0. The van der Waals surface area contributed by atoms with E-state index in [0.717, 1.165) is 23.7 Å². The molecule has 1 fully saturated rings. The Kier molecular flexibility index (Phi) is 6.50. The fourth-order valence-electron chi connectivity index (χ4n) is 4.12. The summed E-state index contributed by atoms with van der Waals surface area (Å²) >= 11 is 1.46. The molecule has 9 nitrogen and oxygen atoms in total. The number of rotatable bonds is 6. The minimum Gasteiger partial charge on any atom is -0.451 e. The van der Waals surface area contributed by atoms with E-state index in [4.69, 9.17) is 4.42 Å². The summed E-state index contributed by atoms with van der Waals surface area (Å²) in [6, 6.07) is 20.5. The molecule has 4 aromatic rings. The standard InChI is InChI=1S/C26H22N4O5S/c31-25(23-12-11-22(35-23)20-4-1-2-5-21(20)30(33)34)27-18-7-9-19(10-8-18)28-13-15-29(16-14-28)26(32)24-6-3-17-36-24/h1-12,17H,13-16H2,(H,27,31). The van der Waals surface area contributed by atoms with E-state index in [1.165, 1.54) is 23.5 Å². The van der Waals surface area contributed by atoms with E-state index in [0.29, 0.717) is 24.3 Å². The van der Waals surface area contributed by atoms with E-state index in [1.807, 2.05) is 46.7 Å². The molecule has 182 valence electrons. The van der Waals surface area contributed by atoms with Gasteiger partial charge in [0.1, 0.15) is 5.76 Å². The van der Waals surface area contributed by atoms with E-state index in [-0.39, 0.29) is 23.1 Å². The highest BCUT2D eigenvalue weighted by Gasteiger charge is 2.23. The van der Waals surface area contributed by atoms with E-state index < -0.39 is 10.8 Å². The van der Waals surface area contributed by atoms with Crippen LogP contribution in [0.5, 0.6) is 0 Å². The van der Waals surface area contributed by atoms with Crippen LogP contribution < -0.4 is 10.2 Å². The Bertz CT molecular complexity index is 1390. The number of furan rings is 1. The van der Waals surface area contributed by atoms with Crippen molar-refractivity contribution in [2.75, 3.05) is 36.4 Å². The smallest absolute Gasteiger partial charge is 0.291 e. The summed E-state index contributed by atoms with van der Waals surface area (Å²) < 4.78 is 5.61. The van der Waals surface area contributed by atoms with Crippen LogP contribution in [0.25, 0.3) is 11.3 Å². The van der Waals surface area contributed by atoms with Crippen molar-refractivity contribution in [3.05, 3.63) is 98.9 Å². The first-order valence-electron chi connectivity index (χ1n) is 11.3. The highest BCUT2D eigenvalue weighted by Crippen LogP contribution is 2.31. The van der Waals surface area contributed by atoms with Gasteiger partial charge in [-0.05, 0) is 53.9 Å². The zero-order chi connectivity index (χ0) is 25.1. The first-order chi connectivity index (χ1) is 17.5. The Morgan fingerprint density at radius 1 is 0.917 bits per heavy atom. The molecule has 1 aliphatic rings. The zero-order valence-corrected chi connectivity index (χ0v) is 19.9. The van der Waals surface area contributed by atoms with E-state index in [9.17, 15) is 19.7 Å². The number of nitrogens with one attached hydrogen (secondary N) is 1. The molecule has 36 heavy (non-hydrogen) atoms. The minimum atomic E-state index is -0.485. The molecule has 0 saturated carbocycles. The number of piperazine rings is 1. The lowest BCUT2D eigenvalue weighted by molar-refractivity contribution is -0.384. The number of benzene rings is 2. The predicted molar refractivity (Wildman–Crippen MR) is 138 cm³/mol. The number of para-hydroxylation sites is 1. The molecule has 0 spiro atoms. The van der Waals surface area contributed by atoms with Gasteiger partial charge < -0.3 is 19.5 Å².